The molecule has 102 valence electrons. The van der Waals surface area contributed by atoms with Crippen LogP contribution in [0.2, 0.25) is 0 Å². The average Bonchev–Trinajstić information content (AvgIpc) is 2.89. The van der Waals surface area contributed by atoms with Crippen LogP contribution in [-0.2, 0) is 4.74 Å². The Bertz CT molecular complexity index is 513. The summed E-state index contributed by atoms with van der Waals surface area (Å²) in [4.78, 5) is 4.34. The molecule has 0 radical (unpaired) electrons. The summed E-state index contributed by atoms with van der Waals surface area (Å²) >= 11 is 6.34. The standard InChI is InChI=1S/C14H17ClN2O2/c1-9(2)12(18-3)13-16-14(19-17-13)11(15)10-7-5-4-6-8-10/h4-9,11-12H,1-3H3. The lowest BCUT2D eigenvalue weighted by Crippen LogP contribution is -2.10. The third kappa shape index (κ3) is 3.14. The molecule has 2 rings (SSSR count). The zero-order chi connectivity index (χ0) is 13.8. The fourth-order valence-corrected chi connectivity index (χ4v) is 2.14. The number of alkyl halides is 1. The molecule has 5 heteroatoms. The van der Waals surface area contributed by atoms with Gasteiger partial charge in [0.15, 0.2) is 0 Å². The number of benzene rings is 1. The zero-order valence-electron chi connectivity index (χ0n) is 11.2. The molecule has 1 aromatic heterocycles. The second kappa shape index (κ2) is 6.17. The molecule has 2 atom stereocenters. The van der Waals surface area contributed by atoms with Crippen LogP contribution in [0.3, 0.4) is 0 Å². The summed E-state index contributed by atoms with van der Waals surface area (Å²) in [6.45, 7) is 4.08. The molecule has 0 N–H and O–H groups in total. The molecule has 2 unspecified atom stereocenters. The Balaban J connectivity index is 2.21. The molecule has 0 aliphatic rings. The molecule has 0 bridgehead atoms. The number of hydrogen-bond donors (Lipinski definition) is 0. The minimum atomic E-state index is -0.438. The number of nitrogens with zero attached hydrogens (tertiary/aromatic N) is 2. The molecule has 0 aliphatic heterocycles. The first-order valence-corrected chi connectivity index (χ1v) is 6.62. The van der Waals surface area contributed by atoms with Crippen LogP contribution in [0, 0.1) is 5.92 Å². The van der Waals surface area contributed by atoms with E-state index in [0.717, 1.165) is 5.56 Å². The van der Waals surface area contributed by atoms with Gasteiger partial charge < -0.3 is 9.26 Å². The molecular weight excluding hydrogens is 264 g/mol. The summed E-state index contributed by atoms with van der Waals surface area (Å²) in [5.41, 5.74) is 0.929. The fourth-order valence-electron chi connectivity index (χ4n) is 1.91. The van der Waals surface area contributed by atoms with Gasteiger partial charge in [0.2, 0.25) is 11.7 Å². The van der Waals surface area contributed by atoms with Gasteiger partial charge in [0.25, 0.3) is 0 Å². The van der Waals surface area contributed by atoms with Crippen molar-refractivity contribution in [1.82, 2.24) is 10.1 Å². The summed E-state index contributed by atoms with van der Waals surface area (Å²) < 4.78 is 10.6. The number of halogens is 1. The Morgan fingerprint density at radius 2 is 1.89 bits per heavy atom. The smallest absolute Gasteiger partial charge is 0.249 e. The summed E-state index contributed by atoms with van der Waals surface area (Å²) in [6.07, 6.45) is -0.183. The highest BCUT2D eigenvalue weighted by atomic mass is 35.5. The highest BCUT2D eigenvalue weighted by Crippen LogP contribution is 2.29. The minimum absolute atomic E-state index is 0.183. The molecule has 0 fully saturated rings. The maximum atomic E-state index is 6.34. The predicted molar refractivity (Wildman–Crippen MR) is 73.0 cm³/mol. The van der Waals surface area contributed by atoms with Crippen molar-refractivity contribution in [3.8, 4) is 0 Å². The molecule has 0 saturated heterocycles. The summed E-state index contributed by atoms with van der Waals surface area (Å²) in [7, 11) is 1.63. The number of hydrogen-bond acceptors (Lipinski definition) is 4. The van der Waals surface area contributed by atoms with Gasteiger partial charge in [-0.1, -0.05) is 49.3 Å². The first-order valence-electron chi connectivity index (χ1n) is 6.18. The topological polar surface area (TPSA) is 48.2 Å². The molecule has 0 aliphatic carbocycles. The van der Waals surface area contributed by atoms with E-state index in [-0.39, 0.29) is 12.0 Å². The van der Waals surface area contributed by atoms with Crippen LogP contribution in [0.15, 0.2) is 34.9 Å². The van der Waals surface area contributed by atoms with E-state index in [9.17, 15) is 0 Å². The van der Waals surface area contributed by atoms with E-state index < -0.39 is 5.38 Å². The highest BCUT2D eigenvalue weighted by Gasteiger charge is 2.24. The molecule has 0 amide bonds. The second-order valence-corrected chi connectivity index (χ2v) is 5.10. The SMILES string of the molecule is COC(c1noc(C(Cl)c2ccccc2)n1)C(C)C. The second-order valence-electron chi connectivity index (χ2n) is 4.66. The molecule has 0 spiro atoms. The third-order valence-corrected chi connectivity index (χ3v) is 3.32. The van der Waals surface area contributed by atoms with Gasteiger partial charge in [-0.15, -0.1) is 11.6 Å². The van der Waals surface area contributed by atoms with Gasteiger partial charge in [0.05, 0.1) is 0 Å². The van der Waals surface area contributed by atoms with Gasteiger partial charge in [-0.3, -0.25) is 0 Å². The Hall–Kier alpha value is -1.39. The van der Waals surface area contributed by atoms with Gasteiger partial charge in [0.1, 0.15) is 11.5 Å². The zero-order valence-corrected chi connectivity index (χ0v) is 12.0. The van der Waals surface area contributed by atoms with Crippen molar-refractivity contribution in [2.45, 2.75) is 25.3 Å². The lowest BCUT2D eigenvalue weighted by atomic mass is 10.1. The van der Waals surface area contributed by atoms with Crippen molar-refractivity contribution in [2.24, 2.45) is 5.92 Å². The van der Waals surface area contributed by atoms with E-state index in [0.29, 0.717) is 11.7 Å². The minimum Gasteiger partial charge on any atom is -0.373 e. The van der Waals surface area contributed by atoms with Crippen LogP contribution in [0.4, 0.5) is 0 Å². The fraction of sp³-hybridized carbons (Fsp3) is 0.429. The van der Waals surface area contributed by atoms with Crippen molar-refractivity contribution in [2.75, 3.05) is 7.11 Å². The van der Waals surface area contributed by atoms with Gasteiger partial charge in [-0.25, -0.2) is 0 Å². The maximum absolute atomic E-state index is 6.34. The summed E-state index contributed by atoms with van der Waals surface area (Å²) in [6, 6.07) is 9.64. The van der Waals surface area contributed by atoms with Crippen molar-refractivity contribution in [3.63, 3.8) is 0 Å². The number of methoxy groups -OCH3 is 1. The van der Waals surface area contributed by atoms with E-state index >= 15 is 0 Å². The normalized spacial score (nSPS) is 14.6. The van der Waals surface area contributed by atoms with Crippen LogP contribution >= 0.6 is 11.6 Å². The van der Waals surface area contributed by atoms with Gasteiger partial charge >= 0.3 is 0 Å². The first kappa shape index (κ1) is 14.0. The van der Waals surface area contributed by atoms with Crippen molar-refractivity contribution in [3.05, 3.63) is 47.6 Å². The Labute approximate surface area is 117 Å². The summed E-state index contributed by atoms with van der Waals surface area (Å²) in [5.74, 6) is 1.19. The Morgan fingerprint density at radius 3 is 2.47 bits per heavy atom. The van der Waals surface area contributed by atoms with E-state index in [4.69, 9.17) is 20.9 Å². The lowest BCUT2D eigenvalue weighted by Gasteiger charge is -2.14. The number of ether oxygens (including phenoxy) is 1. The first-order chi connectivity index (χ1) is 9.13. The average molecular weight is 281 g/mol. The van der Waals surface area contributed by atoms with Crippen molar-refractivity contribution >= 4 is 11.6 Å². The van der Waals surface area contributed by atoms with Crippen molar-refractivity contribution in [1.29, 1.82) is 0 Å². The van der Waals surface area contributed by atoms with E-state index in [1.54, 1.807) is 7.11 Å². The molecule has 1 heterocycles. The Kier molecular flexibility index (Phi) is 4.56. The van der Waals surface area contributed by atoms with E-state index in [2.05, 4.69) is 10.1 Å². The van der Waals surface area contributed by atoms with Gasteiger partial charge in [-0.2, -0.15) is 4.98 Å². The molecule has 4 nitrogen and oxygen atoms in total. The monoisotopic (exact) mass is 280 g/mol. The number of rotatable bonds is 5. The number of aromatic nitrogens is 2. The van der Waals surface area contributed by atoms with Crippen LogP contribution in [0.25, 0.3) is 0 Å². The van der Waals surface area contributed by atoms with Crippen LogP contribution < -0.4 is 0 Å². The summed E-state index contributed by atoms with van der Waals surface area (Å²) in [5, 5.41) is 3.52. The maximum Gasteiger partial charge on any atom is 0.249 e. The quantitative estimate of drug-likeness (QED) is 0.783. The molecule has 2 aromatic rings. The predicted octanol–water partition coefficient (Wildman–Crippen LogP) is 3.74. The Morgan fingerprint density at radius 1 is 1.21 bits per heavy atom. The molecule has 0 saturated carbocycles. The molecular formula is C14H17ClN2O2. The largest absolute Gasteiger partial charge is 0.373 e. The molecule has 1 aromatic carbocycles. The van der Waals surface area contributed by atoms with Crippen LogP contribution in [0.1, 0.15) is 42.6 Å². The van der Waals surface area contributed by atoms with Crippen LogP contribution in [-0.4, -0.2) is 17.3 Å². The third-order valence-electron chi connectivity index (χ3n) is 2.88. The molecule has 19 heavy (non-hydrogen) atoms. The lowest BCUT2D eigenvalue weighted by molar-refractivity contribution is 0.0555. The van der Waals surface area contributed by atoms with E-state index in [1.165, 1.54) is 0 Å². The van der Waals surface area contributed by atoms with Gasteiger partial charge in [0, 0.05) is 7.11 Å². The van der Waals surface area contributed by atoms with Gasteiger partial charge in [-0.05, 0) is 11.5 Å². The van der Waals surface area contributed by atoms with Crippen molar-refractivity contribution < 1.29 is 9.26 Å². The van der Waals surface area contributed by atoms with E-state index in [1.807, 2.05) is 44.2 Å². The van der Waals surface area contributed by atoms with Crippen LogP contribution in [0.5, 0.6) is 0 Å². The highest BCUT2D eigenvalue weighted by molar-refractivity contribution is 6.22.